The van der Waals surface area contributed by atoms with Crippen LogP contribution in [0, 0.1) is 11.8 Å². The number of aromatic hydroxyl groups is 1. The molecule has 1 heterocycles. The molecule has 230 valence electrons. The van der Waals surface area contributed by atoms with Gasteiger partial charge in [0.05, 0.1) is 23.6 Å². The number of likely N-dealkylation sites (N-methyl/N-ethyl adjacent to an activating group) is 1. The third-order valence-corrected chi connectivity index (χ3v) is 9.19. The summed E-state index contributed by atoms with van der Waals surface area (Å²) in [5.74, 6) is -12.3. The summed E-state index contributed by atoms with van der Waals surface area (Å²) in [6.45, 7) is 1.92. The number of piperidine rings is 1. The number of hydrogen-bond donors (Lipinski definition) is 6. The summed E-state index contributed by atoms with van der Waals surface area (Å²) < 4.78 is 27.2. The Morgan fingerprint density at radius 1 is 1.14 bits per heavy atom. The zero-order valence-electron chi connectivity index (χ0n) is 23.5. The molecule has 0 bridgehead atoms. The number of alkyl halides is 2. The van der Waals surface area contributed by atoms with E-state index in [4.69, 9.17) is 5.73 Å². The molecule has 0 spiro atoms. The van der Waals surface area contributed by atoms with Crippen molar-refractivity contribution >= 4 is 33.1 Å². The van der Waals surface area contributed by atoms with E-state index in [2.05, 4.69) is 0 Å². The predicted octanol–water partition coefficient (Wildman–Crippen LogP) is 0.785. The molecule has 1 aliphatic heterocycles. The summed E-state index contributed by atoms with van der Waals surface area (Å²) in [7, 11) is 2.87. The van der Waals surface area contributed by atoms with Crippen LogP contribution in [0.1, 0.15) is 42.4 Å². The number of hydrogen-bond acceptors (Lipinski definition) is 10. The minimum atomic E-state index is -2.99. The number of fused-ring (bicyclic) bond motifs is 3. The Kier molecular flexibility index (Phi) is 8.10. The monoisotopic (exact) mass is 611 g/mol. The standard InChI is InChI=1S/C28H33F2N3O8.H3P/c1-11-13-5-4-12(10-33-8-6-27(29,30)7-9-33)20(34)15(13)21(35)16-14(11)22(36)18-19(32(2)3)23(37)17(26(31)40)25(39)28(18,41)24(16)38;/h4-5,11,14,18-19,22,34-36,39,41H,6-10H2,1-3H3,(H2,31,40);1H3/t11-,14?,18?,19-,22-,28-;/m0./s1. The summed E-state index contributed by atoms with van der Waals surface area (Å²) in [6.07, 6.45) is -2.35. The Morgan fingerprint density at radius 3 is 2.29 bits per heavy atom. The first kappa shape index (κ1) is 32.0. The van der Waals surface area contributed by atoms with Gasteiger partial charge in [-0.15, -0.1) is 0 Å². The molecule has 11 nitrogen and oxygen atoms in total. The maximum Gasteiger partial charge on any atom is 0.255 e. The molecular formula is C28H36F2N3O8P. The molecule has 7 N–H and O–H groups in total. The number of aliphatic hydroxyl groups excluding tert-OH is 3. The van der Waals surface area contributed by atoms with Crippen LogP contribution in [0.3, 0.4) is 0 Å². The largest absolute Gasteiger partial charge is 0.508 e. The SMILES string of the molecule is C[C@H]1c2ccc(CN3CCC(F)(F)CC3)c(O)c2C(O)=C2C(=O)[C@]3(O)C(O)=C(C(N)=O)C(=O)[C@@H](N(C)C)C3[C@@H](O)C21.P. The third kappa shape index (κ3) is 4.44. The molecule has 1 amide bonds. The molecule has 2 fully saturated rings. The van der Waals surface area contributed by atoms with Gasteiger partial charge >= 0.3 is 0 Å². The molecule has 4 aliphatic rings. The van der Waals surface area contributed by atoms with Crippen molar-refractivity contribution in [3.63, 3.8) is 0 Å². The van der Waals surface area contributed by atoms with Crippen molar-refractivity contribution in [2.24, 2.45) is 17.6 Å². The number of Topliss-reactive ketones (excluding diaryl/α,β-unsaturated/α-hetero) is 2. The second-order valence-electron chi connectivity index (χ2n) is 11.7. The van der Waals surface area contributed by atoms with Gasteiger partial charge in [0.2, 0.25) is 5.78 Å². The number of nitrogens with zero attached hydrogens (tertiary/aromatic N) is 2. The van der Waals surface area contributed by atoms with Crippen molar-refractivity contribution in [2.75, 3.05) is 27.2 Å². The van der Waals surface area contributed by atoms with Gasteiger partial charge in [-0.3, -0.25) is 24.2 Å². The fourth-order valence-corrected chi connectivity index (χ4v) is 7.07. The van der Waals surface area contributed by atoms with Gasteiger partial charge in [0.25, 0.3) is 11.8 Å². The smallest absolute Gasteiger partial charge is 0.255 e. The normalized spacial score (nSPS) is 32.7. The van der Waals surface area contributed by atoms with E-state index in [1.807, 2.05) is 0 Å². The number of halogens is 2. The van der Waals surface area contributed by atoms with Crippen LogP contribution in [0.25, 0.3) is 5.76 Å². The van der Waals surface area contributed by atoms with Crippen LogP contribution in [-0.2, 0) is 20.9 Å². The van der Waals surface area contributed by atoms with Crippen LogP contribution in [0.15, 0.2) is 29.0 Å². The van der Waals surface area contributed by atoms with E-state index in [9.17, 15) is 48.7 Å². The lowest BCUT2D eigenvalue weighted by molar-refractivity contribution is -0.169. The van der Waals surface area contributed by atoms with Crippen LogP contribution in [0.5, 0.6) is 5.75 Å². The van der Waals surface area contributed by atoms with Gasteiger partial charge in [-0.25, -0.2) is 8.78 Å². The lowest BCUT2D eigenvalue weighted by atomic mass is 9.54. The van der Waals surface area contributed by atoms with Crippen molar-refractivity contribution in [3.8, 4) is 5.75 Å². The van der Waals surface area contributed by atoms with E-state index in [1.54, 1.807) is 24.0 Å². The highest BCUT2D eigenvalue weighted by atomic mass is 31.0. The number of likely N-dealkylation sites (tertiary alicyclic amines) is 1. The molecule has 7 atom stereocenters. The van der Waals surface area contributed by atoms with Crippen molar-refractivity contribution in [1.82, 2.24) is 9.80 Å². The van der Waals surface area contributed by atoms with Gasteiger partial charge in [0.15, 0.2) is 11.4 Å². The number of phenols is 1. The molecular weight excluding hydrogens is 575 g/mol. The Balaban J connectivity index is 0.00000405. The lowest BCUT2D eigenvalue weighted by Crippen LogP contribution is -2.70. The number of amides is 1. The van der Waals surface area contributed by atoms with Gasteiger partial charge in [-0.05, 0) is 25.6 Å². The zero-order chi connectivity index (χ0) is 30.3. The number of primary amides is 1. The number of carbonyl (C=O) groups excluding carboxylic acids is 3. The van der Waals surface area contributed by atoms with Crippen LogP contribution in [0.2, 0.25) is 0 Å². The highest BCUT2D eigenvalue weighted by molar-refractivity contribution is 6.92. The van der Waals surface area contributed by atoms with Gasteiger partial charge in [0.1, 0.15) is 22.8 Å². The summed E-state index contributed by atoms with van der Waals surface area (Å²) in [4.78, 5) is 42.4. The molecule has 1 aromatic carbocycles. The van der Waals surface area contributed by atoms with Crippen molar-refractivity contribution in [2.45, 2.75) is 55.9 Å². The van der Waals surface area contributed by atoms with E-state index < -0.39 is 87.3 Å². The molecule has 14 heteroatoms. The first-order valence-corrected chi connectivity index (χ1v) is 13.3. The first-order valence-electron chi connectivity index (χ1n) is 13.3. The number of aliphatic hydroxyl groups is 4. The molecule has 1 saturated heterocycles. The van der Waals surface area contributed by atoms with E-state index in [1.165, 1.54) is 19.0 Å². The zero-order valence-corrected chi connectivity index (χ0v) is 24.9. The molecule has 0 radical (unpaired) electrons. The minimum Gasteiger partial charge on any atom is -0.508 e. The Bertz CT molecular complexity index is 1420. The van der Waals surface area contributed by atoms with E-state index >= 15 is 0 Å². The van der Waals surface area contributed by atoms with Crippen LogP contribution >= 0.6 is 9.90 Å². The molecule has 1 saturated carbocycles. The minimum absolute atomic E-state index is 0. The average molecular weight is 612 g/mol. The Morgan fingerprint density at radius 2 is 1.74 bits per heavy atom. The van der Waals surface area contributed by atoms with E-state index in [0.29, 0.717) is 11.1 Å². The number of ketones is 2. The first-order chi connectivity index (χ1) is 19.0. The van der Waals surface area contributed by atoms with Crippen LogP contribution < -0.4 is 5.73 Å². The maximum atomic E-state index is 14.0. The Hall–Kier alpha value is -2.96. The maximum absolute atomic E-state index is 14.0. The van der Waals surface area contributed by atoms with Gasteiger partial charge in [-0.2, -0.15) is 9.90 Å². The van der Waals surface area contributed by atoms with Crippen molar-refractivity contribution < 1.29 is 48.7 Å². The van der Waals surface area contributed by atoms with Crippen molar-refractivity contribution in [1.29, 1.82) is 0 Å². The molecule has 3 unspecified atom stereocenters. The number of nitrogens with two attached hydrogens (primary N) is 1. The predicted molar refractivity (Wildman–Crippen MR) is 151 cm³/mol. The summed E-state index contributed by atoms with van der Waals surface area (Å²) in [5.41, 5.74) is 1.43. The van der Waals surface area contributed by atoms with E-state index in [-0.39, 0.29) is 47.9 Å². The lowest BCUT2D eigenvalue weighted by Gasteiger charge is -2.53. The van der Waals surface area contributed by atoms with Gasteiger partial charge in [0, 0.05) is 49.5 Å². The molecule has 42 heavy (non-hydrogen) atoms. The second kappa shape index (κ2) is 10.6. The summed E-state index contributed by atoms with van der Waals surface area (Å²) in [6, 6.07) is 1.77. The topological polar surface area (TPSA) is 185 Å². The average Bonchev–Trinajstić information content (AvgIpc) is 2.88. The summed E-state index contributed by atoms with van der Waals surface area (Å²) in [5, 5.41) is 57.0. The molecule has 3 aliphatic carbocycles. The molecule has 5 rings (SSSR count). The fraction of sp³-hybridized carbons (Fsp3) is 0.536. The van der Waals surface area contributed by atoms with Crippen LogP contribution in [-0.4, -0.2) is 104 Å². The van der Waals surface area contributed by atoms with E-state index in [0.717, 1.165) is 0 Å². The molecule has 1 aromatic rings. The third-order valence-electron chi connectivity index (χ3n) is 9.19. The number of rotatable bonds is 4. The Labute approximate surface area is 243 Å². The highest BCUT2D eigenvalue weighted by Crippen LogP contribution is 2.56. The number of phenolic OH excluding ortho intramolecular Hbond substituents is 1. The van der Waals surface area contributed by atoms with Crippen molar-refractivity contribution in [3.05, 3.63) is 45.7 Å². The van der Waals surface area contributed by atoms with Gasteiger partial charge < -0.3 is 31.3 Å². The van der Waals surface area contributed by atoms with Crippen LogP contribution in [0.4, 0.5) is 8.78 Å². The quantitative estimate of drug-likeness (QED) is 0.210. The second-order valence-corrected chi connectivity index (χ2v) is 11.7. The number of carbonyl (C=O) groups is 3. The highest BCUT2D eigenvalue weighted by Gasteiger charge is 2.68. The summed E-state index contributed by atoms with van der Waals surface area (Å²) >= 11 is 0. The van der Waals surface area contributed by atoms with Gasteiger partial charge in [-0.1, -0.05) is 19.1 Å². The fourth-order valence-electron chi connectivity index (χ4n) is 7.07. The number of benzene rings is 1. The molecule has 0 aromatic heterocycles.